The number of carbonyl (C=O) groups excluding carboxylic acids is 1. The fourth-order valence-corrected chi connectivity index (χ4v) is 2.91. The van der Waals surface area contributed by atoms with Crippen molar-refractivity contribution in [3.63, 3.8) is 0 Å². The molecule has 20 heavy (non-hydrogen) atoms. The van der Waals surface area contributed by atoms with Gasteiger partial charge in [0.2, 0.25) is 0 Å². The van der Waals surface area contributed by atoms with Crippen LogP contribution < -0.4 is 16.4 Å². The minimum Gasteiger partial charge on any atom is -0.399 e. The van der Waals surface area contributed by atoms with Crippen molar-refractivity contribution in [2.24, 2.45) is 5.92 Å². The lowest BCUT2D eigenvalue weighted by molar-refractivity contribution is 0.245. The van der Waals surface area contributed by atoms with Gasteiger partial charge in [-0.05, 0) is 35.6 Å². The van der Waals surface area contributed by atoms with E-state index < -0.39 is 0 Å². The first-order chi connectivity index (χ1) is 9.56. The van der Waals surface area contributed by atoms with Crippen LogP contribution in [0.15, 0.2) is 41.8 Å². The molecule has 1 aromatic carbocycles. The van der Waals surface area contributed by atoms with Crippen molar-refractivity contribution in [1.82, 2.24) is 5.32 Å². The van der Waals surface area contributed by atoms with E-state index >= 15 is 0 Å². The molecule has 0 saturated heterocycles. The quantitative estimate of drug-likeness (QED) is 0.748. The second kappa shape index (κ2) is 6.43. The Kier molecular flexibility index (Phi) is 4.63. The van der Waals surface area contributed by atoms with Gasteiger partial charge in [-0.25, -0.2) is 4.79 Å². The van der Waals surface area contributed by atoms with Gasteiger partial charge in [-0.1, -0.05) is 26.0 Å². The SMILES string of the molecule is CC(C)C(NC(=O)Nc1cccc(N)c1)c1cccs1. The first-order valence-corrected chi connectivity index (χ1v) is 7.40. The van der Waals surface area contributed by atoms with Crippen LogP contribution in [0.4, 0.5) is 16.2 Å². The van der Waals surface area contributed by atoms with Crippen LogP contribution in [0.25, 0.3) is 0 Å². The van der Waals surface area contributed by atoms with Crippen molar-refractivity contribution in [2.75, 3.05) is 11.1 Å². The summed E-state index contributed by atoms with van der Waals surface area (Å²) in [5, 5.41) is 7.83. The second-order valence-electron chi connectivity index (χ2n) is 4.96. The van der Waals surface area contributed by atoms with E-state index in [1.165, 1.54) is 0 Å². The minimum absolute atomic E-state index is 0.0102. The Hall–Kier alpha value is -2.01. The van der Waals surface area contributed by atoms with Crippen LogP contribution in [-0.4, -0.2) is 6.03 Å². The number of rotatable bonds is 4. The maximum absolute atomic E-state index is 12.1. The van der Waals surface area contributed by atoms with Crippen LogP contribution in [0.1, 0.15) is 24.8 Å². The van der Waals surface area contributed by atoms with Gasteiger partial charge in [-0.2, -0.15) is 0 Å². The number of nitrogens with two attached hydrogens (primary N) is 1. The number of thiophene rings is 1. The number of anilines is 2. The van der Waals surface area contributed by atoms with Gasteiger partial charge in [-0.3, -0.25) is 0 Å². The smallest absolute Gasteiger partial charge is 0.319 e. The van der Waals surface area contributed by atoms with Gasteiger partial charge in [0.05, 0.1) is 6.04 Å². The molecule has 0 spiro atoms. The Bertz CT molecular complexity index is 566. The third kappa shape index (κ3) is 3.74. The average Bonchev–Trinajstić information content (AvgIpc) is 2.89. The average molecular weight is 289 g/mol. The lowest BCUT2D eigenvalue weighted by atomic mass is 10.0. The fourth-order valence-electron chi connectivity index (χ4n) is 1.96. The van der Waals surface area contributed by atoms with Crippen molar-refractivity contribution in [1.29, 1.82) is 0 Å². The predicted molar refractivity (Wildman–Crippen MR) is 84.9 cm³/mol. The number of amides is 2. The molecule has 1 unspecified atom stereocenters. The number of benzene rings is 1. The number of carbonyl (C=O) groups is 1. The largest absolute Gasteiger partial charge is 0.399 e. The van der Waals surface area contributed by atoms with Gasteiger partial charge in [0.15, 0.2) is 0 Å². The molecular formula is C15H19N3OS. The maximum atomic E-state index is 12.1. The number of hydrogen-bond acceptors (Lipinski definition) is 3. The van der Waals surface area contributed by atoms with E-state index in [9.17, 15) is 4.79 Å². The van der Waals surface area contributed by atoms with Gasteiger partial charge in [0.25, 0.3) is 0 Å². The predicted octanol–water partition coefficient (Wildman–Crippen LogP) is 3.85. The zero-order valence-electron chi connectivity index (χ0n) is 11.6. The van der Waals surface area contributed by atoms with E-state index in [1.54, 1.807) is 23.5 Å². The van der Waals surface area contributed by atoms with Gasteiger partial charge < -0.3 is 16.4 Å². The fraction of sp³-hybridized carbons (Fsp3) is 0.267. The van der Waals surface area contributed by atoms with Crippen molar-refractivity contribution in [2.45, 2.75) is 19.9 Å². The van der Waals surface area contributed by atoms with E-state index in [1.807, 2.05) is 29.6 Å². The molecule has 1 atom stereocenters. The lowest BCUT2D eigenvalue weighted by Gasteiger charge is -2.21. The molecule has 1 heterocycles. The monoisotopic (exact) mass is 289 g/mol. The summed E-state index contributed by atoms with van der Waals surface area (Å²) in [5.41, 5.74) is 7.01. The molecule has 1 aromatic heterocycles. The summed E-state index contributed by atoms with van der Waals surface area (Å²) in [7, 11) is 0. The number of nitrogens with one attached hydrogen (secondary N) is 2. The van der Waals surface area contributed by atoms with Crippen LogP contribution in [0.5, 0.6) is 0 Å². The molecule has 2 aromatic rings. The molecule has 2 amide bonds. The molecule has 0 aliphatic heterocycles. The zero-order valence-corrected chi connectivity index (χ0v) is 12.4. The summed E-state index contributed by atoms with van der Waals surface area (Å²) in [5.74, 6) is 0.320. The number of nitrogen functional groups attached to an aromatic ring is 1. The molecule has 0 bridgehead atoms. The Labute approximate surface area is 123 Å². The van der Waals surface area contributed by atoms with Crippen molar-refractivity contribution in [3.8, 4) is 0 Å². The van der Waals surface area contributed by atoms with Crippen LogP contribution >= 0.6 is 11.3 Å². The van der Waals surface area contributed by atoms with Crippen LogP contribution in [-0.2, 0) is 0 Å². The van der Waals surface area contributed by atoms with Crippen molar-refractivity contribution in [3.05, 3.63) is 46.7 Å². The molecule has 0 aliphatic carbocycles. The standard InChI is InChI=1S/C15H19N3OS/c1-10(2)14(13-7-4-8-20-13)18-15(19)17-12-6-3-5-11(16)9-12/h3-10,14H,16H2,1-2H3,(H2,17,18,19). The maximum Gasteiger partial charge on any atom is 0.319 e. The zero-order chi connectivity index (χ0) is 14.5. The van der Waals surface area contributed by atoms with E-state index in [0.29, 0.717) is 17.3 Å². The van der Waals surface area contributed by atoms with Gasteiger partial charge in [0, 0.05) is 16.3 Å². The minimum atomic E-state index is -0.220. The highest BCUT2D eigenvalue weighted by molar-refractivity contribution is 7.10. The van der Waals surface area contributed by atoms with Gasteiger partial charge >= 0.3 is 6.03 Å². The molecule has 0 saturated carbocycles. The van der Waals surface area contributed by atoms with Crippen LogP contribution in [0, 0.1) is 5.92 Å². The summed E-state index contributed by atoms with van der Waals surface area (Å²) in [4.78, 5) is 13.2. The molecule has 106 valence electrons. The Balaban J connectivity index is 2.02. The number of urea groups is 1. The molecule has 2 rings (SSSR count). The topological polar surface area (TPSA) is 67.2 Å². The van der Waals surface area contributed by atoms with E-state index in [4.69, 9.17) is 5.73 Å². The third-order valence-corrected chi connectivity index (χ3v) is 3.90. The lowest BCUT2D eigenvalue weighted by Crippen LogP contribution is -2.34. The molecular weight excluding hydrogens is 270 g/mol. The second-order valence-corrected chi connectivity index (χ2v) is 5.94. The first-order valence-electron chi connectivity index (χ1n) is 6.52. The van der Waals surface area contributed by atoms with Crippen molar-refractivity contribution < 1.29 is 4.79 Å². The summed E-state index contributed by atoms with van der Waals surface area (Å²) >= 11 is 1.65. The first kappa shape index (κ1) is 14.4. The third-order valence-electron chi connectivity index (χ3n) is 2.95. The highest BCUT2D eigenvalue weighted by atomic mass is 32.1. The van der Waals surface area contributed by atoms with Crippen LogP contribution in [0.2, 0.25) is 0 Å². The molecule has 0 aliphatic rings. The van der Waals surface area contributed by atoms with E-state index in [0.717, 1.165) is 4.88 Å². The number of hydrogen-bond donors (Lipinski definition) is 3. The highest BCUT2D eigenvalue weighted by Crippen LogP contribution is 2.25. The molecule has 0 fully saturated rings. The van der Waals surface area contributed by atoms with Crippen LogP contribution in [0.3, 0.4) is 0 Å². The summed E-state index contributed by atoms with van der Waals surface area (Å²) in [6.45, 7) is 4.18. The summed E-state index contributed by atoms with van der Waals surface area (Å²) < 4.78 is 0. The Morgan fingerprint density at radius 1 is 1.25 bits per heavy atom. The molecule has 4 N–H and O–H groups in total. The highest BCUT2D eigenvalue weighted by Gasteiger charge is 2.19. The van der Waals surface area contributed by atoms with E-state index in [2.05, 4.69) is 24.5 Å². The Morgan fingerprint density at radius 3 is 2.65 bits per heavy atom. The summed E-state index contributed by atoms with van der Waals surface area (Å²) in [6, 6.07) is 11.0. The molecule has 0 radical (unpaired) electrons. The van der Waals surface area contributed by atoms with E-state index in [-0.39, 0.29) is 12.1 Å². The van der Waals surface area contributed by atoms with Gasteiger partial charge in [-0.15, -0.1) is 11.3 Å². The van der Waals surface area contributed by atoms with Crippen molar-refractivity contribution >= 4 is 28.7 Å². The van der Waals surface area contributed by atoms with Gasteiger partial charge in [0.1, 0.15) is 0 Å². The Morgan fingerprint density at radius 2 is 2.05 bits per heavy atom. The molecule has 4 nitrogen and oxygen atoms in total. The summed E-state index contributed by atoms with van der Waals surface area (Å²) in [6.07, 6.45) is 0. The molecule has 5 heteroatoms. The normalized spacial score (nSPS) is 12.2.